The minimum atomic E-state index is -1.19. The maximum absolute atomic E-state index is 12.6. The average molecular weight is 511 g/mol. The second-order valence-electron chi connectivity index (χ2n) is 10.2. The number of ether oxygens (including phenoxy) is 3. The van der Waals surface area contributed by atoms with E-state index in [9.17, 15) is 30.0 Å². The molecule has 3 N–H and O–H groups in total. The molecule has 0 amide bonds. The minimum Gasteiger partial charge on any atom is -0.455 e. The summed E-state index contributed by atoms with van der Waals surface area (Å²) < 4.78 is 15.5. The summed E-state index contributed by atoms with van der Waals surface area (Å²) in [4.78, 5) is 49.2. The van der Waals surface area contributed by atoms with Crippen LogP contribution in [0.15, 0.2) is 15.5 Å². The molecule has 0 aliphatic carbocycles. The van der Waals surface area contributed by atoms with Gasteiger partial charge in [0.25, 0.3) is 0 Å². The molecule has 1 aromatic heterocycles. The highest BCUT2D eigenvalue weighted by Gasteiger charge is 2.33. The molecule has 0 aliphatic heterocycles. The number of nitrogens with zero attached hydrogens (tertiary/aromatic N) is 6. The molecule has 0 unspecified atom stereocenters. The summed E-state index contributed by atoms with van der Waals surface area (Å²) >= 11 is 0. The Hall–Kier alpha value is -4.17. The van der Waals surface area contributed by atoms with Gasteiger partial charge in [0.05, 0.1) is 0 Å². The van der Waals surface area contributed by atoms with Gasteiger partial charge in [-0.25, -0.2) is 29.3 Å². The monoisotopic (exact) mass is 510 g/mol. The van der Waals surface area contributed by atoms with Crippen molar-refractivity contribution in [2.45, 2.75) is 79.1 Å². The maximum atomic E-state index is 12.6. The van der Waals surface area contributed by atoms with E-state index >= 15 is 0 Å². The van der Waals surface area contributed by atoms with Gasteiger partial charge in [-0.2, -0.15) is 0 Å². The van der Waals surface area contributed by atoms with Gasteiger partial charge < -0.3 is 29.8 Å². The van der Waals surface area contributed by atoms with Crippen molar-refractivity contribution in [3.63, 3.8) is 0 Å². The Kier molecular flexibility index (Phi) is 9.16. The molecule has 0 aliphatic rings. The quantitative estimate of drug-likeness (QED) is 0.163. The largest absolute Gasteiger partial charge is 0.455 e. The zero-order valence-corrected chi connectivity index (χ0v) is 21.5. The Morgan fingerprint density at radius 2 is 0.722 bits per heavy atom. The molecule has 0 radical (unpaired) electrons. The summed E-state index contributed by atoms with van der Waals surface area (Å²) in [5.41, 5.74) is -5.65. The highest BCUT2D eigenvalue weighted by Crippen LogP contribution is 2.14. The number of carbonyl (C=O) groups excluding carboxylic acids is 3. The summed E-state index contributed by atoms with van der Waals surface area (Å²) in [6, 6.07) is 0. The van der Waals surface area contributed by atoms with Gasteiger partial charge in [-0.15, -0.1) is 0 Å². The molecule has 1 aromatic rings. The molecule has 15 heteroatoms. The number of hydrogen-bond donors (Lipinski definition) is 3. The van der Waals surface area contributed by atoms with Crippen LogP contribution in [0.25, 0.3) is 0 Å². The van der Waals surface area contributed by atoms with E-state index in [-0.39, 0.29) is 0 Å². The first-order valence-corrected chi connectivity index (χ1v) is 10.4. The Morgan fingerprint density at radius 1 is 0.528 bits per heavy atom. The predicted octanol–water partition coefficient (Wildman–Crippen LogP) is 1.43. The van der Waals surface area contributed by atoms with Crippen molar-refractivity contribution in [3.05, 3.63) is 17.5 Å². The van der Waals surface area contributed by atoms with Crippen LogP contribution in [0.4, 0.5) is 0 Å². The van der Waals surface area contributed by atoms with Crippen molar-refractivity contribution in [1.29, 1.82) is 0 Å². The minimum absolute atomic E-state index is 0.721. The van der Waals surface area contributed by atoms with Crippen LogP contribution in [0, 0.1) is 0 Å². The lowest BCUT2D eigenvalue weighted by molar-refractivity contribution is -0.147. The van der Waals surface area contributed by atoms with E-state index in [4.69, 9.17) is 14.2 Å². The molecule has 36 heavy (non-hydrogen) atoms. The molecule has 198 valence electrons. The fraction of sp³-hybridized carbons (Fsp3) is 0.571. The van der Waals surface area contributed by atoms with Gasteiger partial charge in [-0.1, -0.05) is 15.5 Å². The second kappa shape index (κ2) is 11.0. The molecule has 0 atom stereocenters. The third-order valence-electron chi connectivity index (χ3n) is 3.35. The molecule has 0 spiro atoms. The second-order valence-corrected chi connectivity index (χ2v) is 10.2. The predicted molar refractivity (Wildman–Crippen MR) is 122 cm³/mol. The molecule has 0 bridgehead atoms. The fourth-order valence-corrected chi connectivity index (χ4v) is 2.20. The molecule has 0 aromatic carbocycles. The number of hydrogen-bond acceptors (Lipinski definition) is 15. The lowest BCUT2D eigenvalue weighted by atomic mass is 10.2. The first kappa shape index (κ1) is 29.9. The van der Waals surface area contributed by atoms with Gasteiger partial charge in [0, 0.05) is 0 Å². The lowest BCUT2D eigenvalue weighted by Gasteiger charge is -2.20. The van der Waals surface area contributed by atoms with Crippen LogP contribution in [-0.2, 0) is 28.6 Å². The fourth-order valence-electron chi connectivity index (χ4n) is 2.20. The third kappa shape index (κ3) is 8.88. The third-order valence-corrected chi connectivity index (χ3v) is 3.35. The molecular weight excluding hydrogens is 480 g/mol. The first-order chi connectivity index (χ1) is 16.3. The summed E-state index contributed by atoms with van der Waals surface area (Å²) in [5.74, 6) is -5.73. The van der Waals surface area contributed by atoms with E-state index in [0.29, 0.717) is 0 Å². The van der Waals surface area contributed by atoms with Crippen LogP contribution in [-0.4, -0.2) is 82.4 Å². The summed E-state index contributed by atoms with van der Waals surface area (Å²) in [6.45, 7) is 13.9. The summed E-state index contributed by atoms with van der Waals surface area (Å²) in [6.07, 6.45) is 0. The van der Waals surface area contributed by atoms with Crippen molar-refractivity contribution >= 4 is 35.0 Å². The van der Waals surface area contributed by atoms with Crippen molar-refractivity contribution in [2.75, 3.05) is 0 Å². The van der Waals surface area contributed by atoms with Gasteiger partial charge in [-0.3, -0.25) is 0 Å². The van der Waals surface area contributed by atoms with Crippen LogP contribution >= 0.6 is 0 Å². The zero-order valence-electron chi connectivity index (χ0n) is 21.5. The number of carbonyl (C=O) groups is 3. The maximum Gasteiger partial charge on any atom is 0.364 e. The zero-order chi connectivity index (χ0) is 28.1. The summed E-state index contributed by atoms with van der Waals surface area (Å²) in [5, 5.41) is 37.0. The van der Waals surface area contributed by atoms with Crippen molar-refractivity contribution in [3.8, 4) is 0 Å². The van der Waals surface area contributed by atoms with Crippen LogP contribution < -0.4 is 0 Å². The van der Waals surface area contributed by atoms with Gasteiger partial charge in [0.1, 0.15) is 16.8 Å². The van der Waals surface area contributed by atoms with Gasteiger partial charge in [-0.05, 0) is 62.3 Å². The van der Waals surface area contributed by atoms with Crippen molar-refractivity contribution in [2.24, 2.45) is 15.5 Å². The molecule has 1 heterocycles. The topological polar surface area (TPSA) is 215 Å². The molecule has 0 fully saturated rings. The molecular formula is C21H30N6O9. The van der Waals surface area contributed by atoms with Gasteiger partial charge >= 0.3 is 17.9 Å². The van der Waals surface area contributed by atoms with E-state index < -0.39 is 69.3 Å². The Morgan fingerprint density at radius 3 is 0.861 bits per heavy atom. The Balaban J connectivity index is 3.81. The van der Waals surface area contributed by atoms with E-state index in [1.807, 2.05) is 0 Å². The molecule has 0 saturated heterocycles. The number of esters is 3. The van der Waals surface area contributed by atoms with Gasteiger partial charge in [0.15, 0.2) is 17.5 Å². The van der Waals surface area contributed by atoms with Gasteiger partial charge in [0.2, 0.25) is 17.1 Å². The molecule has 1 rings (SSSR count). The highest BCUT2D eigenvalue weighted by molar-refractivity contribution is 6.45. The van der Waals surface area contributed by atoms with Crippen molar-refractivity contribution in [1.82, 2.24) is 15.0 Å². The van der Waals surface area contributed by atoms with Crippen LogP contribution in [0.5, 0.6) is 0 Å². The number of aromatic nitrogens is 3. The highest BCUT2D eigenvalue weighted by atomic mass is 16.6. The van der Waals surface area contributed by atoms with E-state index in [0.717, 1.165) is 0 Å². The Labute approximate surface area is 206 Å². The molecule has 0 saturated carbocycles. The van der Waals surface area contributed by atoms with Crippen LogP contribution in [0.2, 0.25) is 0 Å². The SMILES string of the molecule is CC(C)(C)OC(=O)/C(=N\O)c1nc(/C(=N/O)C(=O)OC(C)(C)C)nc(/C(=N/O)C(=O)OC(C)(C)C)n1. The first-order valence-electron chi connectivity index (χ1n) is 10.4. The average Bonchev–Trinajstić information content (AvgIpc) is 2.65. The number of oxime groups is 3. The normalized spacial score (nSPS) is 13.8. The summed E-state index contributed by atoms with van der Waals surface area (Å²) in [7, 11) is 0. The van der Waals surface area contributed by atoms with Crippen LogP contribution in [0.1, 0.15) is 79.8 Å². The Bertz CT molecular complexity index is 956. The standard InChI is InChI=1S/C21H30N6O9/c1-19(2,3)34-16(28)10(25-31)13-22-14(11(26-32)17(29)35-20(4,5)6)24-15(23-13)12(27-33)18(30)36-21(7,8)9/h31-33H,1-9H3/b25-10-,26-11-,27-12-. The smallest absolute Gasteiger partial charge is 0.364 e. The van der Waals surface area contributed by atoms with Crippen LogP contribution in [0.3, 0.4) is 0 Å². The van der Waals surface area contributed by atoms with E-state index in [1.165, 1.54) is 0 Å². The van der Waals surface area contributed by atoms with E-state index in [1.54, 1.807) is 62.3 Å². The van der Waals surface area contributed by atoms with Crippen molar-refractivity contribution < 1.29 is 44.2 Å². The van der Waals surface area contributed by atoms with E-state index in [2.05, 4.69) is 30.4 Å². The number of rotatable bonds is 6. The molecule has 15 nitrogen and oxygen atoms in total. The lowest BCUT2D eigenvalue weighted by Crippen LogP contribution is -2.35.